The van der Waals surface area contributed by atoms with Crippen molar-refractivity contribution in [1.29, 1.82) is 0 Å². The number of alkyl halides is 4. The van der Waals surface area contributed by atoms with Crippen molar-refractivity contribution in [3.8, 4) is 11.5 Å². The van der Waals surface area contributed by atoms with Crippen LogP contribution in [0.3, 0.4) is 0 Å². The second kappa shape index (κ2) is 10.7. The van der Waals surface area contributed by atoms with Crippen LogP contribution in [0.25, 0.3) is 6.08 Å². The summed E-state index contributed by atoms with van der Waals surface area (Å²) < 4.78 is 62.9. The fourth-order valence-electron chi connectivity index (χ4n) is 2.08. The summed E-state index contributed by atoms with van der Waals surface area (Å²) in [5.74, 6) is -1.47. The average Bonchev–Trinajstić information content (AvgIpc) is 3.16. The number of halogens is 4. The fraction of sp³-hybridized carbons (Fsp3) is 0.222. The summed E-state index contributed by atoms with van der Waals surface area (Å²) in [5, 5.41) is 4.82. The van der Waals surface area contributed by atoms with E-state index < -0.39 is 30.8 Å². The van der Waals surface area contributed by atoms with Gasteiger partial charge in [-0.05, 0) is 30.3 Å². The van der Waals surface area contributed by atoms with Crippen molar-refractivity contribution in [2.45, 2.75) is 19.8 Å². The maximum atomic E-state index is 12.5. The summed E-state index contributed by atoms with van der Waals surface area (Å²) in [6, 6.07) is 6.43. The van der Waals surface area contributed by atoms with E-state index in [1.54, 1.807) is 12.1 Å². The summed E-state index contributed by atoms with van der Waals surface area (Å²) in [6.07, 6.45) is 3.55. The van der Waals surface area contributed by atoms with Gasteiger partial charge in [0.25, 0.3) is 0 Å². The van der Waals surface area contributed by atoms with Gasteiger partial charge >= 0.3 is 13.2 Å². The standard InChI is InChI=1S/C18H16F4N2O5/c19-17(20)28-12-5-3-11(14(8-12)29-18(21)22)4-6-15(25)24-10-16(26)23-9-13-2-1-7-27-13/h1-8,17-18H,9-10H2,(H,23,26)(H,24,25)/b6-4+. The molecular weight excluding hydrogens is 400 g/mol. The first-order valence-electron chi connectivity index (χ1n) is 8.12. The third-order valence-corrected chi connectivity index (χ3v) is 3.30. The highest BCUT2D eigenvalue weighted by Gasteiger charge is 2.12. The Bertz CT molecular complexity index is 841. The minimum Gasteiger partial charge on any atom is -0.467 e. The third-order valence-electron chi connectivity index (χ3n) is 3.30. The fourth-order valence-corrected chi connectivity index (χ4v) is 2.08. The van der Waals surface area contributed by atoms with E-state index in [1.165, 1.54) is 6.26 Å². The molecule has 0 fully saturated rings. The van der Waals surface area contributed by atoms with Gasteiger partial charge in [0.2, 0.25) is 11.8 Å². The van der Waals surface area contributed by atoms with Crippen LogP contribution in [-0.4, -0.2) is 31.6 Å². The van der Waals surface area contributed by atoms with Crippen molar-refractivity contribution >= 4 is 17.9 Å². The summed E-state index contributed by atoms with van der Waals surface area (Å²) in [6.45, 7) is -6.53. The average molecular weight is 416 g/mol. The van der Waals surface area contributed by atoms with Gasteiger partial charge in [-0.25, -0.2) is 0 Å². The molecule has 0 radical (unpaired) electrons. The van der Waals surface area contributed by atoms with E-state index in [1.807, 2.05) is 0 Å². The summed E-state index contributed by atoms with van der Waals surface area (Å²) in [5.41, 5.74) is 0.0179. The molecule has 7 nitrogen and oxygen atoms in total. The number of furan rings is 1. The predicted octanol–water partition coefficient (Wildman–Crippen LogP) is 2.93. The van der Waals surface area contributed by atoms with Gasteiger partial charge in [-0.3, -0.25) is 9.59 Å². The quantitative estimate of drug-likeness (QED) is 0.459. The molecule has 0 aliphatic carbocycles. The molecule has 1 aromatic carbocycles. The van der Waals surface area contributed by atoms with E-state index in [9.17, 15) is 27.2 Å². The highest BCUT2D eigenvalue weighted by Crippen LogP contribution is 2.28. The zero-order valence-corrected chi connectivity index (χ0v) is 14.7. The third kappa shape index (κ3) is 7.95. The topological polar surface area (TPSA) is 89.8 Å². The first-order chi connectivity index (χ1) is 13.8. The van der Waals surface area contributed by atoms with Crippen LogP contribution in [0.2, 0.25) is 0 Å². The van der Waals surface area contributed by atoms with Crippen LogP contribution in [0.4, 0.5) is 17.6 Å². The van der Waals surface area contributed by atoms with Gasteiger partial charge in [-0.15, -0.1) is 0 Å². The Labute approximate surface area is 162 Å². The van der Waals surface area contributed by atoms with Gasteiger partial charge in [-0.2, -0.15) is 17.6 Å². The number of ether oxygens (including phenoxy) is 2. The Balaban J connectivity index is 1.91. The molecule has 2 N–H and O–H groups in total. The number of amides is 2. The molecule has 2 rings (SSSR count). The molecule has 0 bridgehead atoms. The van der Waals surface area contributed by atoms with Crippen molar-refractivity contribution in [3.05, 3.63) is 54.0 Å². The molecule has 0 saturated heterocycles. The zero-order chi connectivity index (χ0) is 21.2. The van der Waals surface area contributed by atoms with Crippen molar-refractivity contribution < 1.29 is 41.0 Å². The van der Waals surface area contributed by atoms with Gasteiger partial charge < -0.3 is 24.5 Å². The van der Waals surface area contributed by atoms with Crippen LogP contribution in [0.15, 0.2) is 47.1 Å². The number of hydrogen-bond donors (Lipinski definition) is 2. The second-order valence-electron chi connectivity index (χ2n) is 5.36. The number of carbonyl (C=O) groups excluding carboxylic acids is 2. The molecule has 1 heterocycles. The minimum atomic E-state index is -3.21. The van der Waals surface area contributed by atoms with Crippen LogP contribution in [0, 0.1) is 0 Å². The van der Waals surface area contributed by atoms with E-state index in [0.717, 1.165) is 30.4 Å². The normalized spacial score (nSPS) is 11.1. The SMILES string of the molecule is O=C(/C=C/c1ccc(OC(F)F)cc1OC(F)F)NCC(=O)NCc1ccco1. The first kappa shape index (κ1) is 21.8. The van der Waals surface area contributed by atoms with Crippen LogP contribution in [-0.2, 0) is 16.1 Å². The van der Waals surface area contributed by atoms with Gasteiger partial charge in [0.05, 0.1) is 19.4 Å². The van der Waals surface area contributed by atoms with Gasteiger partial charge in [0, 0.05) is 17.7 Å². The molecule has 0 aliphatic rings. The highest BCUT2D eigenvalue weighted by molar-refractivity contribution is 5.94. The number of carbonyl (C=O) groups is 2. The van der Waals surface area contributed by atoms with Crippen molar-refractivity contribution in [2.24, 2.45) is 0 Å². The molecule has 0 atom stereocenters. The predicted molar refractivity (Wildman–Crippen MR) is 92.3 cm³/mol. The van der Waals surface area contributed by atoms with Gasteiger partial charge in [0.1, 0.15) is 17.3 Å². The molecule has 0 aliphatic heterocycles. The summed E-state index contributed by atoms with van der Waals surface area (Å²) in [7, 11) is 0. The molecular formula is C18H16F4N2O5. The van der Waals surface area contributed by atoms with E-state index in [2.05, 4.69) is 20.1 Å². The monoisotopic (exact) mass is 416 g/mol. The molecule has 2 amide bonds. The van der Waals surface area contributed by atoms with Crippen molar-refractivity contribution in [1.82, 2.24) is 10.6 Å². The summed E-state index contributed by atoms with van der Waals surface area (Å²) >= 11 is 0. The van der Waals surface area contributed by atoms with Gasteiger partial charge in [-0.1, -0.05) is 0 Å². The van der Waals surface area contributed by atoms with Crippen LogP contribution in [0.5, 0.6) is 11.5 Å². The largest absolute Gasteiger partial charge is 0.467 e. The van der Waals surface area contributed by atoms with Crippen molar-refractivity contribution in [2.75, 3.05) is 6.54 Å². The maximum Gasteiger partial charge on any atom is 0.387 e. The van der Waals surface area contributed by atoms with Gasteiger partial charge in [0.15, 0.2) is 0 Å². The molecule has 11 heteroatoms. The number of benzene rings is 1. The Kier molecular flexibility index (Phi) is 8.07. The van der Waals surface area contributed by atoms with E-state index >= 15 is 0 Å². The Morgan fingerprint density at radius 1 is 1.07 bits per heavy atom. The Morgan fingerprint density at radius 2 is 1.83 bits per heavy atom. The minimum absolute atomic E-state index is 0.0179. The Morgan fingerprint density at radius 3 is 2.48 bits per heavy atom. The lowest BCUT2D eigenvalue weighted by atomic mass is 10.1. The first-order valence-corrected chi connectivity index (χ1v) is 8.12. The van der Waals surface area contributed by atoms with Crippen LogP contribution < -0.4 is 20.1 Å². The maximum absolute atomic E-state index is 12.5. The van der Waals surface area contributed by atoms with Crippen LogP contribution >= 0.6 is 0 Å². The molecule has 1 aromatic heterocycles. The van der Waals surface area contributed by atoms with E-state index in [-0.39, 0.29) is 24.4 Å². The lowest BCUT2D eigenvalue weighted by molar-refractivity contribution is -0.124. The molecule has 29 heavy (non-hydrogen) atoms. The lowest BCUT2D eigenvalue weighted by Gasteiger charge is -2.11. The smallest absolute Gasteiger partial charge is 0.387 e. The Hall–Kier alpha value is -3.50. The van der Waals surface area contributed by atoms with Crippen LogP contribution in [0.1, 0.15) is 11.3 Å². The molecule has 156 valence electrons. The number of hydrogen-bond acceptors (Lipinski definition) is 5. The number of nitrogens with one attached hydrogen (secondary N) is 2. The zero-order valence-electron chi connectivity index (χ0n) is 14.7. The lowest BCUT2D eigenvalue weighted by Crippen LogP contribution is -2.35. The van der Waals surface area contributed by atoms with E-state index in [4.69, 9.17) is 4.42 Å². The molecule has 2 aromatic rings. The number of rotatable bonds is 10. The van der Waals surface area contributed by atoms with E-state index in [0.29, 0.717) is 5.76 Å². The highest BCUT2D eigenvalue weighted by atomic mass is 19.3. The molecule has 0 saturated carbocycles. The van der Waals surface area contributed by atoms with Crippen molar-refractivity contribution in [3.63, 3.8) is 0 Å². The molecule has 0 spiro atoms. The second-order valence-corrected chi connectivity index (χ2v) is 5.36. The molecule has 0 unspecified atom stereocenters. The summed E-state index contributed by atoms with van der Waals surface area (Å²) in [4.78, 5) is 23.4.